The molecule has 1 aromatic carbocycles. The van der Waals surface area contributed by atoms with E-state index < -0.39 is 6.42 Å². The smallest absolute Gasteiger partial charge is 0.159 e. The van der Waals surface area contributed by atoms with Crippen LogP contribution in [-0.4, -0.2) is 13.2 Å². The lowest BCUT2D eigenvalue weighted by atomic mass is 10.4. The van der Waals surface area contributed by atoms with Crippen molar-refractivity contribution in [1.29, 1.82) is 0 Å². The Kier molecular flexibility index (Phi) is 2.80. The predicted octanol–water partition coefficient (Wildman–Crippen LogP) is 1.63. The van der Waals surface area contributed by atoms with Gasteiger partial charge in [0.1, 0.15) is 0 Å². The van der Waals surface area contributed by atoms with Crippen molar-refractivity contribution >= 4 is 23.5 Å². The molecule has 0 aromatic heterocycles. The van der Waals surface area contributed by atoms with Crippen LogP contribution in [0.2, 0.25) is 0 Å². The van der Waals surface area contributed by atoms with Gasteiger partial charge in [-0.15, -0.1) is 0 Å². The molecule has 13 heavy (non-hydrogen) atoms. The average Bonchev–Trinajstić information content (AvgIpc) is 2.20. The SMILES string of the molecule is S=P1(c2ccccc2)NCCCO1. The molecule has 4 heteroatoms. The first-order valence-corrected chi connectivity index (χ1v) is 7.09. The molecule has 0 amide bonds. The topological polar surface area (TPSA) is 21.3 Å². The van der Waals surface area contributed by atoms with Crippen molar-refractivity contribution in [3.05, 3.63) is 30.3 Å². The Labute approximate surface area is 83.4 Å². The quantitative estimate of drug-likeness (QED) is 0.716. The maximum absolute atomic E-state index is 5.67. The van der Waals surface area contributed by atoms with Gasteiger partial charge in [-0.25, -0.2) is 0 Å². The van der Waals surface area contributed by atoms with Crippen molar-refractivity contribution < 1.29 is 4.52 Å². The van der Waals surface area contributed by atoms with Crippen molar-refractivity contribution in [2.45, 2.75) is 6.42 Å². The van der Waals surface area contributed by atoms with Gasteiger partial charge < -0.3 is 4.52 Å². The van der Waals surface area contributed by atoms with Crippen LogP contribution in [0.15, 0.2) is 30.3 Å². The highest BCUT2D eigenvalue weighted by atomic mass is 32.4. The first kappa shape index (κ1) is 9.35. The summed E-state index contributed by atoms with van der Waals surface area (Å²) >= 11 is 5.50. The first-order valence-electron chi connectivity index (χ1n) is 4.37. The van der Waals surface area contributed by atoms with Gasteiger partial charge in [-0.3, -0.25) is 5.09 Å². The van der Waals surface area contributed by atoms with E-state index >= 15 is 0 Å². The molecule has 2 nitrogen and oxygen atoms in total. The van der Waals surface area contributed by atoms with Crippen molar-refractivity contribution in [1.82, 2.24) is 5.09 Å². The third kappa shape index (κ3) is 2.00. The standard InChI is InChI=1S/C9H12NOPS/c13-12(10-7-4-8-11-12)9-5-2-1-3-6-9/h1-3,5-6H,4,7-8H2,(H,10,13). The van der Waals surface area contributed by atoms with E-state index in [-0.39, 0.29) is 0 Å². The molecule has 1 heterocycles. The van der Waals surface area contributed by atoms with E-state index in [0.29, 0.717) is 0 Å². The molecule has 1 aliphatic heterocycles. The van der Waals surface area contributed by atoms with E-state index in [1.165, 1.54) is 0 Å². The maximum Gasteiger partial charge on any atom is 0.159 e. The third-order valence-corrected chi connectivity index (χ3v) is 5.51. The molecule has 2 rings (SSSR count). The Morgan fingerprint density at radius 2 is 2.08 bits per heavy atom. The van der Waals surface area contributed by atoms with E-state index in [9.17, 15) is 0 Å². The zero-order valence-corrected chi connectivity index (χ0v) is 8.98. The molecule has 1 aromatic rings. The van der Waals surface area contributed by atoms with Gasteiger partial charge in [0.25, 0.3) is 0 Å². The molecule has 70 valence electrons. The second-order valence-corrected chi connectivity index (χ2v) is 6.72. The molecular weight excluding hydrogens is 201 g/mol. The van der Waals surface area contributed by atoms with Crippen molar-refractivity contribution in [2.24, 2.45) is 0 Å². The van der Waals surface area contributed by atoms with Crippen molar-refractivity contribution in [3.8, 4) is 0 Å². The monoisotopic (exact) mass is 213 g/mol. The van der Waals surface area contributed by atoms with Crippen LogP contribution in [0.25, 0.3) is 0 Å². The summed E-state index contributed by atoms with van der Waals surface area (Å²) in [6.45, 7) is 1.77. The lowest BCUT2D eigenvalue weighted by Gasteiger charge is -2.27. The Morgan fingerprint density at radius 3 is 2.69 bits per heavy atom. The summed E-state index contributed by atoms with van der Waals surface area (Å²) in [5.74, 6) is 0. The lowest BCUT2D eigenvalue weighted by molar-refractivity contribution is 0.320. The summed E-state index contributed by atoms with van der Waals surface area (Å²) in [7, 11) is 0. The van der Waals surface area contributed by atoms with Crippen molar-refractivity contribution in [2.75, 3.05) is 13.2 Å². The Hall–Kier alpha value is -0.210. The first-order chi connectivity index (χ1) is 6.31. The van der Waals surface area contributed by atoms with Crippen LogP contribution in [0.4, 0.5) is 0 Å². The number of rotatable bonds is 1. The van der Waals surface area contributed by atoms with Crippen LogP contribution >= 0.6 is 6.42 Å². The van der Waals surface area contributed by atoms with Gasteiger partial charge in [0, 0.05) is 11.8 Å². The summed E-state index contributed by atoms with van der Waals surface area (Å²) in [6.07, 6.45) is -0.822. The van der Waals surface area contributed by atoms with Crippen LogP contribution in [0.3, 0.4) is 0 Å². The van der Waals surface area contributed by atoms with Gasteiger partial charge in [0.2, 0.25) is 0 Å². The molecular formula is C9H12NOPS. The fourth-order valence-electron chi connectivity index (χ4n) is 1.33. The molecule has 1 unspecified atom stereocenters. The lowest BCUT2D eigenvalue weighted by Crippen LogP contribution is -2.27. The van der Waals surface area contributed by atoms with Gasteiger partial charge in [0.05, 0.1) is 6.61 Å². The fourth-order valence-corrected chi connectivity index (χ4v) is 4.02. The molecule has 1 N–H and O–H groups in total. The Morgan fingerprint density at radius 1 is 1.31 bits per heavy atom. The van der Waals surface area contributed by atoms with E-state index in [4.69, 9.17) is 16.3 Å². The summed E-state index contributed by atoms with van der Waals surface area (Å²) < 4.78 is 5.67. The predicted molar refractivity (Wildman–Crippen MR) is 58.9 cm³/mol. The molecule has 0 saturated carbocycles. The Balaban J connectivity index is 2.29. The molecule has 0 spiro atoms. The second-order valence-electron chi connectivity index (χ2n) is 2.98. The van der Waals surface area contributed by atoms with Crippen molar-refractivity contribution in [3.63, 3.8) is 0 Å². The highest BCUT2D eigenvalue weighted by Crippen LogP contribution is 2.43. The van der Waals surface area contributed by atoms with Gasteiger partial charge >= 0.3 is 0 Å². The normalized spacial score (nSPS) is 28.6. The van der Waals surface area contributed by atoms with Crippen LogP contribution in [0.1, 0.15) is 6.42 Å². The number of benzene rings is 1. The van der Waals surface area contributed by atoms with Crippen LogP contribution < -0.4 is 10.4 Å². The zero-order chi connectivity index (χ0) is 9.15. The van der Waals surface area contributed by atoms with Crippen LogP contribution in [0, 0.1) is 0 Å². The highest BCUT2D eigenvalue weighted by molar-refractivity contribution is 8.14. The summed E-state index contributed by atoms with van der Waals surface area (Å²) in [4.78, 5) is 0. The zero-order valence-electron chi connectivity index (χ0n) is 7.27. The molecule has 1 aliphatic rings. The second kappa shape index (κ2) is 3.89. The number of nitrogens with one attached hydrogen (secondary N) is 1. The van der Waals surface area contributed by atoms with Crippen LogP contribution in [-0.2, 0) is 16.3 Å². The highest BCUT2D eigenvalue weighted by Gasteiger charge is 2.22. The molecule has 0 bridgehead atoms. The molecule has 1 atom stereocenters. The number of hydrogen-bond donors (Lipinski definition) is 1. The largest absolute Gasteiger partial charge is 0.335 e. The third-order valence-electron chi connectivity index (χ3n) is 2.01. The van der Waals surface area contributed by atoms with Gasteiger partial charge in [0.15, 0.2) is 6.42 Å². The molecule has 1 fully saturated rings. The minimum absolute atomic E-state index is 0.791. The van der Waals surface area contributed by atoms with Gasteiger partial charge in [-0.05, 0) is 18.2 Å². The van der Waals surface area contributed by atoms with E-state index in [1.807, 2.05) is 30.3 Å². The summed E-state index contributed by atoms with van der Waals surface area (Å²) in [6, 6.07) is 10.1. The molecule has 1 saturated heterocycles. The summed E-state index contributed by atoms with van der Waals surface area (Å²) in [5, 5.41) is 4.44. The minimum atomic E-state index is -1.88. The van der Waals surface area contributed by atoms with Gasteiger partial charge in [-0.1, -0.05) is 30.3 Å². The van der Waals surface area contributed by atoms with Crippen LogP contribution in [0.5, 0.6) is 0 Å². The number of hydrogen-bond acceptors (Lipinski definition) is 2. The Bertz CT molecular complexity index is 318. The van der Waals surface area contributed by atoms with E-state index in [2.05, 4.69) is 5.09 Å². The molecule has 0 radical (unpaired) electrons. The average molecular weight is 213 g/mol. The minimum Gasteiger partial charge on any atom is -0.335 e. The summed E-state index contributed by atoms with van der Waals surface area (Å²) in [5.41, 5.74) is 0. The van der Waals surface area contributed by atoms with Gasteiger partial charge in [-0.2, -0.15) is 0 Å². The maximum atomic E-state index is 5.67. The van der Waals surface area contributed by atoms with E-state index in [1.54, 1.807) is 0 Å². The molecule has 0 aliphatic carbocycles. The fraction of sp³-hybridized carbons (Fsp3) is 0.333. The van der Waals surface area contributed by atoms with E-state index in [0.717, 1.165) is 24.9 Å².